The Balaban J connectivity index is 1.95. The zero-order chi connectivity index (χ0) is 17.5. The molecule has 126 valence electrons. The second-order valence-corrected chi connectivity index (χ2v) is 7.09. The lowest BCUT2D eigenvalue weighted by Crippen LogP contribution is -2.26. The minimum Gasteiger partial charge on any atom is -0.387 e. The molecule has 0 bridgehead atoms. The molecular formula is C18H22N4O2. The van der Waals surface area contributed by atoms with Crippen LogP contribution in [0.2, 0.25) is 0 Å². The Hall–Kier alpha value is -2.47. The second kappa shape index (κ2) is 5.87. The lowest BCUT2D eigenvalue weighted by atomic mass is 10.1. The van der Waals surface area contributed by atoms with E-state index < -0.39 is 6.10 Å². The van der Waals surface area contributed by atoms with Crippen molar-refractivity contribution >= 4 is 11.0 Å². The van der Waals surface area contributed by atoms with Gasteiger partial charge in [-0.2, -0.15) is 5.10 Å². The molecule has 0 saturated carbocycles. The lowest BCUT2D eigenvalue weighted by molar-refractivity contribution is 0.155. The van der Waals surface area contributed by atoms with E-state index in [0.29, 0.717) is 11.0 Å². The molecular weight excluding hydrogens is 304 g/mol. The Morgan fingerprint density at radius 1 is 1.21 bits per heavy atom. The van der Waals surface area contributed by atoms with Gasteiger partial charge in [0.15, 0.2) is 5.65 Å². The van der Waals surface area contributed by atoms with Crippen LogP contribution in [0.1, 0.15) is 38.0 Å². The normalized spacial score (nSPS) is 13.4. The summed E-state index contributed by atoms with van der Waals surface area (Å²) in [6.45, 7) is 8.17. The highest BCUT2D eigenvalue weighted by atomic mass is 16.3. The smallest absolute Gasteiger partial charge is 0.264 e. The van der Waals surface area contributed by atoms with E-state index in [1.807, 2.05) is 52.0 Å². The van der Waals surface area contributed by atoms with Crippen LogP contribution in [0.4, 0.5) is 0 Å². The van der Waals surface area contributed by atoms with Gasteiger partial charge in [0.2, 0.25) is 0 Å². The Labute approximate surface area is 140 Å². The van der Waals surface area contributed by atoms with E-state index >= 15 is 0 Å². The summed E-state index contributed by atoms with van der Waals surface area (Å²) in [5.74, 6) is 0. The highest BCUT2D eigenvalue weighted by Crippen LogP contribution is 2.19. The van der Waals surface area contributed by atoms with Gasteiger partial charge in [-0.05, 0) is 33.3 Å². The predicted molar refractivity (Wildman–Crippen MR) is 92.9 cm³/mol. The largest absolute Gasteiger partial charge is 0.387 e. The second-order valence-electron chi connectivity index (χ2n) is 7.09. The fraction of sp³-hybridized carbons (Fsp3) is 0.389. The number of benzene rings is 1. The van der Waals surface area contributed by atoms with Crippen LogP contribution in [0.25, 0.3) is 11.0 Å². The van der Waals surface area contributed by atoms with E-state index in [1.165, 1.54) is 10.9 Å². The highest BCUT2D eigenvalue weighted by molar-refractivity contribution is 5.73. The summed E-state index contributed by atoms with van der Waals surface area (Å²) in [7, 11) is 0. The number of fused-ring (bicyclic) bond motifs is 1. The number of aliphatic hydroxyl groups excluding tert-OH is 1. The van der Waals surface area contributed by atoms with Crippen molar-refractivity contribution in [1.82, 2.24) is 19.3 Å². The quantitative estimate of drug-likeness (QED) is 0.802. The summed E-state index contributed by atoms with van der Waals surface area (Å²) in [4.78, 5) is 17.0. The molecule has 6 heteroatoms. The third-order valence-electron chi connectivity index (χ3n) is 4.02. The van der Waals surface area contributed by atoms with Crippen molar-refractivity contribution < 1.29 is 5.11 Å². The molecule has 0 fully saturated rings. The summed E-state index contributed by atoms with van der Waals surface area (Å²) in [6.07, 6.45) is 2.26. The van der Waals surface area contributed by atoms with Crippen LogP contribution < -0.4 is 5.56 Å². The van der Waals surface area contributed by atoms with Gasteiger partial charge in [0.25, 0.3) is 5.56 Å². The summed E-state index contributed by atoms with van der Waals surface area (Å²) < 4.78 is 3.17. The molecule has 2 heterocycles. The van der Waals surface area contributed by atoms with Gasteiger partial charge in [-0.15, -0.1) is 0 Å². The number of aryl methyl sites for hydroxylation is 1. The topological polar surface area (TPSA) is 72.9 Å². The third-order valence-corrected chi connectivity index (χ3v) is 4.02. The molecule has 1 unspecified atom stereocenters. The van der Waals surface area contributed by atoms with Crippen molar-refractivity contribution in [1.29, 1.82) is 0 Å². The predicted octanol–water partition coefficient (Wildman–Crippen LogP) is 2.39. The third kappa shape index (κ3) is 2.97. The van der Waals surface area contributed by atoms with E-state index in [4.69, 9.17) is 0 Å². The number of aliphatic hydroxyl groups is 1. The minimum absolute atomic E-state index is 0.158. The Morgan fingerprint density at radius 3 is 2.50 bits per heavy atom. The maximum atomic E-state index is 12.6. The van der Waals surface area contributed by atoms with Crippen LogP contribution in [-0.4, -0.2) is 24.4 Å². The Morgan fingerprint density at radius 2 is 1.88 bits per heavy atom. The van der Waals surface area contributed by atoms with Gasteiger partial charge >= 0.3 is 0 Å². The summed E-state index contributed by atoms with van der Waals surface area (Å²) >= 11 is 0. The van der Waals surface area contributed by atoms with Crippen LogP contribution in [0.15, 0.2) is 41.6 Å². The summed E-state index contributed by atoms with van der Waals surface area (Å²) in [5, 5.41) is 15.1. The molecule has 3 aromatic rings. The number of hydrogen-bond acceptors (Lipinski definition) is 4. The van der Waals surface area contributed by atoms with Gasteiger partial charge in [-0.1, -0.05) is 29.8 Å². The number of aromatic nitrogens is 4. The molecule has 0 spiro atoms. The van der Waals surface area contributed by atoms with E-state index in [2.05, 4.69) is 10.1 Å². The maximum absolute atomic E-state index is 12.6. The number of rotatable bonds is 3. The van der Waals surface area contributed by atoms with Crippen molar-refractivity contribution in [2.75, 3.05) is 0 Å². The van der Waals surface area contributed by atoms with Crippen molar-refractivity contribution in [2.45, 2.75) is 45.9 Å². The molecule has 0 radical (unpaired) electrons. The van der Waals surface area contributed by atoms with E-state index in [0.717, 1.165) is 11.1 Å². The molecule has 1 aromatic carbocycles. The highest BCUT2D eigenvalue weighted by Gasteiger charge is 2.20. The molecule has 0 saturated heterocycles. The fourth-order valence-electron chi connectivity index (χ4n) is 2.65. The van der Waals surface area contributed by atoms with Crippen LogP contribution in [-0.2, 0) is 12.1 Å². The first-order chi connectivity index (χ1) is 11.3. The Bertz CT molecular complexity index is 917. The van der Waals surface area contributed by atoms with Crippen LogP contribution in [0.3, 0.4) is 0 Å². The standard InChI is InChI=1S/C18H22N4O2/c1-12-5-7-13(8-6-12)15(23)10-21-11-19-16-14(17(21)24)9-20-22(16)18(2,3)4/h5-9,11,15,23H,10H2,1-4H3. The van der Waals surface area contributed by atoms with Gasteiger partial charge in [-0.25, -0.2) is 9.67 Å². The first-order valence-corrected chi connectivity index (χ1v) is 7.95. The van der Waals surface area contributed by atoms with E-state index in [-0.39, 0.29) is 17.6 Å². The molecule has 0 aliphatic carbocycles. The molecule has 0 aliphatic rings. The molecule has 3 rings (SSSR count). The molecule has 1 atom stereocenters. The van der Waals surface area contributed by atoms with Crippen LogP contribution in [0, 0.1) is 6.92 Å². The first-order valence-electron chi connectivity index (χ1n) is 7.95. The average molecular weight is 326 g/mol. The maximum Gasteiger partial charge on any atom is 0.264 e. The zero-order valence-electron chi connectivity index (χ0n) is 14.4. The van der Waals surface area contributed by atoms with Crippen molar-refractivity contribution in [3.8, 4) is 0 Å². The SMILES string of the molecule is Cc1ccc(C(O)Cn2cnc3c(cnn3C(C)(C)C)c2=O)cc1. The van der Waals surface area contributed by atoms with E-state index in [1.54, 1.807) is 10.9 Å². The van der Waals surface area contributed by atoms with Crippen LogP contribution in [0.5, 0.6) is 0 Å². The number of nitrogens with zero attached hydrogens (tertiary/aromatic N) is 4. The monoisotopic (exact) mass is 326 g/mol. The molecule has 1 N–H and O–H groups in total. The van der Waals surface area contributed by atoms with Crippen molar-refractivity contribution in [2.24, 2.45) is 0 Å². The lowest BCUT2D eigenvalue weighted by Gasteiger charge is -2.19. The summed E-state index contributed by atoms with van der Waals surface area (Å²) in [5.41, 5.74) is 2.02. The average Bonchev–Trinajstić information content (AvgIpc) is 2.95. The van der Waals surface area contributed by atoms with Crippen molar-refractivity contribution in [3.63, 3.8) is 0 Å². The molecule has 0 amide bonds. The minimum atomic E-state index is -0.764. The van der Waals surface area contributed by atoms with Gasteiger partial charge in [-0.3, -0.25) is 9.36 Å². The van der Waals surface area contributed by atoms with E-state index in [9.17, 15) is 9.90 Å². The van der Waals surface area contributed by atoms with Gasteiger partial charge in [0.1, 0.15) is 11.7 Å². The van der Waals surface area contributed by atoms with Gasteiger partial charge in [0.05, 0.1) is 24.4 Å². The number of hydrogen-bond donors (Lipinski definition) is 1. The van der Waals surface area contributed by atoms with Crippen LogP contribution >= 0.6 is 0 Å². The van der Waals surface area contributed by atoms with Gasteiger partial charge in [0, 0.05) is 0 Å². The fourth-order valence-corrected chi connectivity index (χ4v) is 2.65. The Kier molecular flexibility index (Phi) is 4.01. The molecule has 6 nitrogen and oxygen atoms in total. The zero-order valence-corrected chi connectivity index (χ0v) is 14.4. The van der Waals surface area contributed by atoms with Gasteiger partial charge < -0.3 is 5.11 Å². The first kappa shape index (κ1) is 16.4. The molecule has 2 aromatic heterocycles. The van der Waals surface area contributed by atoms with Crippen molar-refractivity contribution in [3.05, 3.63) is 58.3 Å². The molecule has 24 heavy (non-hydrogen) atoms. The molecule has 0 aliphatic heterocycles. The summed E-state index contributed by atoms with van der Waals surface area (Å²) in [6, 6.07) is 7.62.